The van der Waals surface area contributed by atoms with E-state index in [2.05, 4.69) is 9.72 Å². The second kappa shape index (κ2) is 7.74. The number of nitrogens with zero attached hydrogens (tertiary/aromatic N) is 3. The highest BCUT2D eigenvalue weighted by molar-refractivity contribution is 7.17. The van der Waals surface area contributed by atoms with E-state index >= 15 is 0 Å². The number of benzene rings is 1. The van der Waals surface area contributed by atoms with E-state index in [0.29, 0.717) is 16.9 Å². The molecule has 28 heavy (non-hydrogen) atoms. The molecule has 6 nitrogen and oxygen atoms in total. The van der Waals surface area contributed by atoms with Crippen molar-refractivity contribution >= 4 is 28.5 Å². The number of rotatable bonds is 5. The lowest BCUT2D eigenvalue weighted by Gasteiger charge is -2.17. The number of hydrogen-bond donors (Lipinski definition) is 0. The van der Waals surface area contributed by atoms with Gasteiger partial charge in [-0.25, -0.2) is 19.0 Å². The van der Waals surface area contributed by atoms with Crippen LogP contribution in [0.5, 0.6) is 0 Å². The standard InChI is InChI=1S/C17H15F4N3O3S/c1-2-27-14(25)12-13(17(19,20)21)22-15(28-12)24-8-7-23(16(24)26)9-10-3-5-11(18)6-4-10/h3-6H,2,7-9H2,1H3. The first-order chi connectivity index (χ1) is 13.2. The van der Waals surface area contributed by atoms with E-state index in [1.165, 1.54) is 36.1 Å². The van der Waals surface area contributed by atoms with E-state index in [9.17, 15) is 27.2 Å². The quantitative estimate of drug-likeness (QED) is 0.547. The van der Waals surface area contributed by atoms with E-state index in [1.54, 1.807) is 0 Å². The third-order valence-corrected chi connectivity index (χ3v) is 5.02. The molecule has 2 aromatic rings. The van der Waals surface area contributed by atoms with Gasteiger partial charge in [0.2, 0.25) is 0 Å². The molecule has 0 unspecified atom stereocenters. The number of halogens is 4. The zero-order valence-corrected chi connectivity index (χ0v) is 15.4. The van der Waals surface area contributed by atoms with Gasteiger partial charge in [-0.3, -0.25) is 4.90 Å². The van der Waals surface area contributed by atoms with E-state index in [1.807, 2.05) is 0 Å². The summed E-state index contributed by atoms with van der Waals surface area (Å²) in [6, 6.07) is 5.03. The lowest BCUT2D eigenvalue weighted by molar-refractivity contribution is -0.141. The van der Waals surface area contributed by atoms with Crippen LogP contribution in [0.2, 0.25) is 0 Å². The monoisotopic (exact) mass is 417 g/mol. The van der Waals surface area contributed by atoms with Crippen molar-refractivity contribution < 1.29 is 31.9 Å². The number of carbonyl (C=O) groups excluding carboxylic acids is 2. The number of amides is 2. The molecule has 11 heteroatoms. The van der Waals surface area contributed by atoms with Crippen molar-refractivity contribution in [1.29, 1.82) is 0 Å². The number of anilines is 1. The molecule has 2 heterocycles. The first kappa shape index (κ1) is 20.1. The number of ether oxygens (including phenoxy) is 1. The van der Waals surface area contributed by atoms with Gasteiger partial charge in [-0.1, -0.05) is 23.5 Å². The van der Waals surface area contributed by atoms with Crippen LogP contribution in [0.25, 0.3) is 0 Å². The highest BCUT2D eigenvalue weighted by Gasteiger charge is 2.42. The van der Waals surface area contributed by atoms with Crippen molar-refractivity contribution in [3.8, 4) is 0 Å². The summed E-state index contributed by atoms with van der Waals surface area (Å²) >= 11 is 0.469. The average Bonchev–Trinajstić information content (AvgIpc) is 3.22. The molecular weight excluding hydrogens is 402 g/mol. The molecule has 0 aliphatic carbocycles. The molecule has 1 aromatic heterocycles. The van der Waals surface area contributed by atoms with Gasteiger partial charge in [0.25, 0.3) is 0 Å². The van der Waals surface area contributed by atoms with Crippen LogP contribution in [0, 0.1) is 5.82 Å². The Hall–Kier alpha value is -2.69. The normalized spacial score (nSPS) is 14.7. The fraction of sp³-hybridized carbons (Fsp3) is 0.353. The third-order valence-electron chi connectivity index (χ3n) is 3.96. The Morgan fingerprint density at radius 1 is 1.25 bits per heavy atom. The molecule has 0 radical (unpaired) electrons. The molecule has 1 saturated heterocycles. The molecule has 150 valence electrons. The lowest BCUT2D eigenvalue weighted by Crippen LogP contribution is -2.31. The fourth-order valence-corrected chi connectivity index (χ4v) is 3.67. The molecule has 0 atom stereocenters. The van der Waals surface area contributed by atoms with Gasteiger partial charge in [0.05, 0.1) is 6.61 Å². The molecule has 1 fully saturated rings. The second-order valence-electron chi connectivity index (χ2n) is 5.87. The summed E-state index contributed by atoms with van der Waals surface area (Å²) in [4.78, 5) is 29.8. The predicted molar refractivity (Wildman–Crippen MR) is 92.6 cm³/mol. The maximum absolute atomic E-state index is 13.2. The average molecular weight is 417 g/mol. The molecule has 1 aliphatic heterocycles. The largest absolute Gasteiger partial charge is 0.462 e. The number of esters is 1. The van der Waals surface area contributed by atoms with E-state index in [0.717, 1.165) is 4.90 Å². The van der Waals surface area contributed by atoms with Crippen LogP contribution in [0.4, 0.5) is 27.5 Å². The zero-order valence-electron chi connectivity index (χ0n) is 14.6. The summed E-state index contributed by atoms with van der Waals surface area (Å²) in [5.74, 6) is -1.54. The Labute approximate surface area is 161 Å². The molecule has 1 aromatic carbocycles. The van der Waals surface area contributed by atoms with Crippen LogP contribution in [0.3, 0.4) is 0 Å². The Balaban J connectivity index is 1.82. The molecule has 3 rings (SSSR count). The van der Waals surface area contributed by atoms with Crippen molar-refractivity contribution in [1.82, 2.24) is 9.88 Å². The number of aromatic nitrogens is 1. The number of alkyl halides is 3. The molecular formula is C17H15F4N3O3S. The molecule has 1 aliphatic rings. The molecule has 0 bridgehead atoms. The van der Waals surface area contributed by atoms with E-state index in [-0.39, 0.29) is 31.4 Å². The molecule has 0 saturated carbocycles. The smallest absolute Gasteiger partial charge is 0.435 e. The van der Waals surface area contributed by atoms with Crippen molar-refractivity contribution in [2.75, 3.05) is 24.6 Å². The maximum atomic E-state index is 13.2. The van der Waals surface area contributed by atoms with E-state index in [4.69, 9.17) is 0 Å². The van der Waals surface area contributed by atoms with Crippen LogP contribution >= 0.6 is 11.3 Å². The van der Waals surface area contributed by atoms with Crippen molar-refractivity contribution in [2.24, 2.45) is 0 Å². The van der Waals surface area contributed by atoms with E-state index < -0.39 is 34.6 Å². The third kappa shape index (κ3) is 4.08. The minimum Gasteiger partial charge on any atom is -0.462 e. The summed E-state index contributed by atoms with van der Waals surface area (Å²) in [5, 5.41) is -0.220. The van der Waals surface area contributed by atoms with Gasteiger partial charge in [-0.2, -0.15) is 13.2 Å². The van der Waals surface area contributed by atoms with Gasteiger partial charge < -0.3 is 9.64 Å². The Morgan fingerprint density at radius 2 is 1.93 bits per heavy atom. The number of carbonyl (C=O) groups is 2. The summed E-state index contributed by atoms with van der Waals surface area (Å²) in [6.45, 7) is 1.94. The topological polar surface area (TPSA) is 62.7 Å². The fourth-order valence-electron chi connectivity index (χ4n) is 2.67. The minimum absolute atomic E-state index is 0.0859. The summed E-state index contributed by atoms with van der Waals surface area (Å²) < 4.78 is 57.4. The van der Waals surface area contributed by atoms with Crippen molar-refractivity contribution in [2.45, 2.75) is 19.6 Å². The van der Waals surface area contributed by atoms with Gasteiger partial charge in [-0.15, -0.1) is 0 Å². The maximum Gasteiger partial charge on any atom is 0.435 e. The van der Waals surface area contributed by atoms with Crippen LogP contribution < -0.4 is 4.90 Å². The van der Waals surface area contributed by atoms with Crippen molar-refractivity contribution in [3.05, 3.63) is 46.2 Å². The van der Waals surface area contributed by atoms with Crippen molar-refractivity contribution in [3.63, 3.8) is 0 Å². The van der Waals surface area contributed by atoms with Gasteiger partial charge in [0, 0.05) is 19.6 Å². The SMILES string of the molecule is CCOC(=O)c1sc(N2CCN(Cc3ccc(F)cc3)C2=O)nc1C(F)(F)F. The highest BCUT2D eigenvalue weighted by Crippen LogP contribution is 2.38. The molecule has 2 amide bonds. The zero-order chi connectivity index (χ0) is 20.5. The molecule has 0 N–H and O–H groups in total. The summed E-state index contributed by atoms with van der Waals surface area (Å²) in [5.41, 5.74) is -0.685. The Morgan fingerprint density at radius 3 is 2.54 bits per heavy atom. The minimum atomic E-state index is -4.85. The van der Waals surface area contributed by atoms with Gasteiger partial charge >= 0.3 is 18.2 Å². The highest BCUT2D eigenvalue weighted by atomic mass is 32.1. The van der Waals surface area contributed by atoms with Gasteiger partial charge in [0.15, 0.2) is 10.8 Å². The Bertz CT molecular complexity index is 883. The number of urea groups is 1. The second-order valence-corrected chi connectivity index (χ2v) is 6.85. The first-order valence-corrected chi connectivity index (χ1v) is 9.08. The molecule has 0 spiro atoms. The van der Waals surface area contributed by atoms with Gasteiger partial charge in [0.1, 0.15) is 10.7 Å². The van der Waals surface area contributed by atoms with Gasteiger partial charge in [-0.05, 0) is 24.6 Å². The van der Waals surface area contributed by atoms with Crippen LogP contribution in [-0.2, 0) is 17.5 Å². The summed E-state index contributed by atoms with van der Waals surface area (Å²) in [7, 11) is 0. The Kier molecular flexibility index (Phi) is 5.54. The van der Waals surface area contributed by atoms with Crippen LogP contribution in [0.15, 0.2) is 24.3 Å². The number of thiazole rings is 1. The lowest BCUT2D eigenvalue weighted by atomic mass is 10.2. The number of hydrogen-bond acceptors (Lipinski definition) is 5. The predicted octanol–water partition coefficient (Wildman–Crippen LogP) is 3.92. The summed E-state index contributed by atoms with van der Waals surface area (Å²) in [6.07, 6.45) is -4.85. The first-order valence-electron chi connectivity index (χ1n) is 8.26. The van der Waals surface area contributed by atoms with Crippen LogP contribution in [0.1, 0.15) is 27.9 Å². The van der Waals surface area contributed by atoms with Crippen LogP contribution in [-0.4, -0.2) is 41.6 Å².